The summed E-state index contributed by atoms with van der Waals surface area (Å²) in [6.07, 6.45) is -1.29. The maximum absolute atomic E-state index is 12.2. The van der Waals surface area contributed by atoms with Gasteiger partial charge in [-0.2, -0.15) is 0 Å². The van der Waals surface area contributed by atoms with Gasteiger partial charge in [-0.25, -0.2) is 8.78 Å². The summed E-state index contributed by atoms with van der Waals surface area (Å²) in [6.45, 7) is 0. The van der Waals surface area contributed by atoms with Gasteiger partial charge in [0.1, 0.15) is 5.69 Å². The number of rotatable bonds is 2. The first-order valence-corrected chi connectivity index (χ1v) is 4.60. The number of pyridine rings is 1. The van der Waals surface area contributed by atoms with Crippen LogP contribution >= 0.6 is 34.2 Å². The molecule has 0 radical (unpaired) electrons. The van der Waals surface area contributed by atoms with Crippen molar-refractivity contribution in [2.45, 2.75) is 6.43 Å². The van der Waals surface area contributed by atoms with E-state index in [9.17, 15) is 13.6 Å². The molecule has 0 aliphatic heterocycles. The fraction of sp³-hybridized carbons (Fsp3) is 0.143. The largest absolute Gasteiger partial charge is 0.298 e. The zero-order valence-electron chi connectivity index (χ0n) is 6.10. The summed E-state index contributed by atoms with van der Waals surface area (Å²) in [7, 11) is 0. The number of carbonyl (C=O) groups excluding carboxylic acids is 1. The number of halogens is 4. The van der Waals surface area contributed by atoms with Crippen LogP contribution in [0.15, 0.2) is 6.20 Å². The zero-order valence-corrected chi connectivity index (χ0v) is 9.01. The van der Waals surface area contributed by atoms with E-state index in [0.29, 0.717) is 9.86 Å². The molecule has 0 saturated heterocycles. The van der Waals surface area contributed by atoms with Gasteiger partial charge in [0.25, 0.3) is 6.43 Å². The molecule has 0 fully saturated rings. The molecule has 0 N–H and O–H groups in total. The van der Waals surface area contributed by atoms with E-state index in [4.69, 9.17) is 11.6 Å². The minimum Gasteiger partial charge on any atom is -0.298 e. The first-order valence-electron chi connectivity index (χ1n) is 3.15. The highest BCUT2D eigenvalue weighted by Crippen LogP contribution is 2.28. The predicted molar refractivity (Wildman–Crippen MR) is 52.3 cm³/mol. The number of nitrogens with zero attached hydrogens (tertiary/aromatic N) is 1. The van der Waals surface area contributed by atoms with Gasteiger partial charge in [-0.1, -0.05) is 11.6 Å². The van der Waals surface area contributed by atoms with Crippen LogP contribution in [0.1, 0.15) is 22.5 Å². The molecular formula is C7H3ClF2INO. The van der Waals surface area contributed by atoms with E-state index in [2.05, 4.69) is 4.98 Å². The van der Waals surface area contributed by atoms with E-state index in [0.717, 1.165) is 0 Å². The van der Waals surface area contributed by atoms with Crippen LogP contribution in [0.2, 0.25) is 5.02 Å². The van der Waals surface area contributed by atoms with Crippen molar-refractivity contribution in [3.8, 4) is 0 Å². The number of hydrogen-bond donors (Lipinski definition) is 0. The second kappa shape index (κ2) is 4.28. The molecule has 13 heavy (non-hydrogen) atoms. The van der Waals surface area contributed by atoms with Crippen LogP contribution in [-0.2, 0) is 0 Å². The molecule has 0 aromatic carbocycles. The Bertz CT molecular complexity index is 346. The molecule has 1 rings (SSSR count). The zero-order chi connectivity index (χ0) is 10.0. The average Bonchev–Trinajstić information content (AvgIpc) is 2.09. The maximum Gasteiger partial charge on any atom is 0.281 e. The third-order valence-electron chi connectivity index (χ3n) is 1.36. The molecule has 1 heterocycles. The Morgan fingerprint density at radius 1 is 1.62 bits per heavy atom. The molecule has 0 atom stereocenters. The molecular weight excluding hydrogens is 314 g/mol. The van der Waals surface area contributed by atoms with Gasteiger partial charge >= 0.3 is 0 Å². The van der Waals surface area contributed by atoms with E-state index in [1.165, 1.54) is 6.20 Å². The van der Waals surface area contributed by atoms with Gasteiger partial charge < -0.3 is 0 Å². The summed E-state index contributed by atoms with van der Waals surface area (Å²) >= 11 is 7.45. The van der Waals surface area contributed by atoms with Crippen LogP contribution in [0.5, 0.6) is 0 Å². The highest BCUT2D eigenvalue weighted by Gasteiger charge is 2.18. The molecule has 70 valence electrons. The van der Waals surface area contributed by atoms with Crippen LogP contribution < -0.4 is 0 Å². The third-order valence-corrected chi connectivity index (χ3v) is 2.91. The molecule has 0 aliphatic carbocycles. The second-order valence-corrected chi connectivity index (χ2v) is 3.68. The minimum absolute atomic E-state index is 0.0286. The van der Waals surface area contributed by atoms with Gasteiger partial charge in [0.2, 0.25) is 0 Å². The van der Waals surface area contributed by atoms with Gasteiger partial charge in [-0.05, 0) is 22.6 Å². The number of aldehydes is 1. The first kappa shape index (κ1) is 10.8. The van der Waals surface area contributed by atoms with Gasteiger partial charge in [0.15, 0.2) is 6.29 Å². The minimum atomic E-state index is -2.78. The molecule has 0 aliphatic rings. The summed E-state index contributed by atoms with van der Waals surface area (Å²) in [5, 5.41) is 0.0286. The van der Waals surface area contributed by atoms with Crippen LogP contribution in [0.25, 0.3) is 0 Å². The lowest BCUT2D eigenvalue weighted by Gasteiger charge is -2.04. The van der Waals surface area contributed by atoms with Crippen LogP contribution in [-0.4, -0.2) is 11.3 Å². The lowest BCUT2D eigenvalue weighted by Crippen LogP contribution is -1.99. The molecule has 6 heteroatoms. The summed E-state index contributed by atoms with van der Waals surface area (Å²) in [5.74, 6) is 0. The van der Waals surface area contributed by atoms with Gasteiger partial charge in [0.05, 0.1) is 14.2 Å². The van der Waals surface area contributed by atoms with E-state index in [1.54, 1.807) is 0 Å². The van der Waals surface area contributed by atoms with Crippen LogP contribution in [0.3, 0.4) is 0 Å². The topological polar surface area (TPSA) is 30.0 Å². The normalized spacial score (nSPS) is 10.5. The molecule has 2 nitrogen and oxygen atoms in total. The fourth-order valence-electron chi connectivity index (χ4n) is 0.780. The molecule has 0 bridgehead atoms. The van der Waals surface area contributed by atoms with Crippen molar-refractivity contribution in [1.82, 2.24) is 4.98 Å². The summed E-state index contributed by atoms with van der Waals surface area (Å²) in [5.41, 5.74) is -0.802. The number of hydrogen-bond acceptors (Lipinski definition) is 2. The van der Waals surface area contributed by atoms with Crippen molar-refractivity contribution in [2.24, 2.45) is 0 Å². The van der Waals surface area contributed by atoms with Crippen molar-refractivity contribution >= 4 is 40.5 Å². The van der Waals surface area contributed by atoms with Crippen LogP contribution in [0.4, 0.5) is 8.78 Å². The van der Waals surface area contributed by atoms with Gasteiger partial charge in [0, 0.05) is 6.20 Å². The van der Waals surface area contributed by atoms with Crippen molar-refractivity contribution in [1.29, 1.82) is 0 Å². The third kappa shape index (κ3) is 2.14. The molecule has 0 unspecified atom stereocenters. The Hall–Kier alpha value is -0.300. The highest BCUT2D eigenvalue weighted by molar-refractivity contribution is 14.1. The van der Waals surface area contributed by atoms with E-state index < -0.39 is 12.1 Å². The Morgan fingerprint density at radius 3 is 2.69 bits per heavy atom. The fourth-order valence-corrected chi connectivity index (χ4v) is 1.40. The van der Waals surface area contributed by atoms with Gasteiger partial charge in [-0.3, -0.25) is 9.78 Å². The SMILES string of the molecule is O=Cc1c(C(F)F)ncc(I)c1Cl. The molecule has 0 spiro atoms. The Morgan fingerprint density at radius 2 is 2.23 bits per heavy atom. The number of aromatic nitrogens is 1. The Balaban J connectivity index is 3.38. The van der Waals surface area contributed by atoms with Crippen LogP contribution in [0, 0.1) is 3.57 Å². The van der Waals surface area contributed by atoms with Crippen molar-refractivity contribution in [2.75, 3.05) is 0 Å². The standard InChI is InChI=1S/C7H3ClF2INO/c8-5-3(2-13)6(7(9)10)12-1-4(5)11/h1-2,7H. The monoisotopic (exact) mass is 317 g/mol. The molecule has 1 aromatic heterocycles. The van der Waals surface area contributed by atoms with E-state index >= 15 is 0 Å². The van der Waals surface area contributed by atoms with Gasteiger partial charge in [-0.15, -0.1) is 0 Å². The Labute approximate surface area is 91.4 Å². The number of alkyl halides is 2. The van der Waals surface area contributed by atoms with Crippen molar-refractivity contribution in [3.05, 3.63) is 26.0 Å². The second-order valence-electron chi connectivity index (χ2n) is 2.14. The lowest BCUT2D eigenvalue weighted by atomic mass is 10.2. The van der Waals surface area contributed by atoms with E-state index in [1.807, 2.05) is 22.6 Å². The summed E-state index contributed by atoms with van der Waals surface area (Å²) in [4.78, 5) is 13.9. The van der Waals surface area contributed by atoms with E-state index in [-0.39, 0.29) is 10.6 Å². The van der Waals surface area contributed by atoms with Crippen molar-refractivity contribution in [3.63, 3.8) is 0 Å². The van der Waals surface area contributed by atoms with Crippen molar-refractivity contribution < 1.29 is 13.6 Å². The predicted octanol–water partition coefficient (Wildman–Crippen LogP) is 3.09. The summed E-state index contributed by atoms with van der Waals surface area (Å²) < 4.78 is 25.0. The number of carbonyl (C=O) groups is 1. The smallest absolute Gasteiger partial charge is 0.281 e. The quantitative estimate of drug-likeness (QED) is 0.620. The average molecular weight is 317 g/mol. The first-order chi connectivity index (χ1) is 6.07. The lowest BCUT2D eigenvalue weighted by molar-refractivity contribution is 0.110. The molecule has 0 saturated carbocycles. The summed E-state index contributed by atoms with van der Waals surface area (Å²) in [6, 6.07) is 0. The molecule has 0 amide bonds. The molecule has 1 aromatic rings. The maximum atomic E-state index is 12.2. The highest BCUT2D eigenvalue weighted by atomic mass is 127. The Kier molecular flexibility index (Phi) is 3.55.